The van der Waals surface area contributed by atoms with E-state index in [4.69, 9.17) is 16.3 Å². The lowest BCUT2D eigenvalue weighted by atomic mass is 10.00. The smallest absolute Gasteiger partial charge is 0.305 e. The van der Waals surface area contributed by atoms with E-state index in [1.165, 1.54) is 12.1 Å². The summed E-state index contributed by atoms with van der Waals surface area (Å²) in [6.07, 6.45) is 1.63. The first-order valence-corrected chi connectivity index (χ1v) is 9.08. The number of esters is 1. The highest BCUT2D eigenvalue weighted by Gasteiger charge is 2.15. The number of halogens is 1. The number of aromatic amines is 1. The van der Waals surface area contributed by atoms with E-state index >= 15 is 0 Å². The lowest BCUT2D eigenvalue weighted by molar-refractivity contribution is -0.384. The van der Waals surface area contributed by atoms with E-state index < -0.39 is 4.92 Å². The number of carbonyl (C=O) groups is 1. The van der Waals surface area contributed by atoms with Crippen LogP contribution in [0.1, 0.15) is 25.3 Å². The van der Waals surface area contributed by atoms with E-state index in [1.54, 1.807) is 19.1 Å². The van der Waals surface area contributed by atoms with Crippen molar-refractivity contribution in [3.63, 3.8) is 0 Å². The number of carbonyl (C=O) groups excluding carboxylic acids is 1. The minimum absolute atomic E-state index is 0.0433. The van der Waals surface area contributed by atoms with Gasteiger partial charge in [0.05, 0.1) is 11.5 Å². The summed E-state index contributed by atoms with van der Waals surface area (Å²) < 4.78 is 4.99. The van der Waals surface area contributed by atoms with Crippen LogP contribution in [0.3, 0.4) is 0 Å². The Morgan fingerprint density at radius 3 is 2.63 bits per heavy atom. The SMILES string of the molecule is CCOC(=O)CCCc1c(-c2ccc([N+](=O)[O-])cc2)[nH]c2ccc(Cl)cc12. The van der Waals surface area contributed by atoms with Crippen molar-refractivity contribution >= 4 is 34.2 Å². The number of hydrogen-bond acceptors (Lipinski definition) is 4. The molecule has 0 amide bonds. The molecule has 6 nitrogen and oxygen atoms in total. The van der Waals surface area contributed by atoms with Gasteiger partial charge in [0, 0.05) is 40.2 Å². The summed E-state index contributed by atoms with van der Waals surface area (Å²) in [5.74, 6) is -0.216. The highest BCUT2D eigenvalue weighted by Crippen LogP contribution is 2.33. The Balaban J connectivity index is 1.95. The molecule has 2 aromatic carbocycles. The molecule has 1 N–H and O–H groups in total. The fourth-order valence-electron chi connectivity index (χ4n) is 3.12. The first kappa shape index (κ1) is 18.9. The fourth-order valence-corrected chi connectivity index (χ4v) is 3.29. The Hall–Kier alpha value is -2.86. The fraction of sp³-hybridized carbons (Fsp3) is 0.250. The second-order valence-electron chi connectivity index (χ2n) is 6.13. The number of benzene rings is 2. The molecule has 0 aliphatic heterocycles. The normalized spacial score (nSPS) is 10.9. The minimum Gasteiger partial charge on any atom is -0.466 e. The van der Waals surface area contributed by atoms with E-state index in [0.29, 0.717) is 30.9 Å². The molecule has 0 saturated heterocycles. The minimum atomic E-state index is -0.422. The molecule has 3 rings (SSSR count). The van der Waals surface area contributed by atoms with Gasteiger partial charge in [-0.25, -0.2) is 0 Å². The molecule has 1 heterocycles. The second-order valence-corrected chi connectivity index (χ2v) is 6.57. The van der Waals surface area contributed by atoms with Crippen LogP contribution in [-0.4, -0.2) is 22.5 Å². The van der Waals surface area contributed by atoms with Crippen molar-refractivity contribution in [1.82, 2.24) is 4.98 Å². The maximum Gasteiger partial charge on any atom is 0.305 e. The molecule has 0 saturated carbocycles. The predicted octanol–water partition coefficient (Wildman–Crippen LogP) is 5.28. The Morgan fingerprint density at radius 1 is 1.22 bits per heavy atom. The molecule has 1 aromatic heterocycles. The van der Waals surface area contributed by atoms with E-state index in [1.807, 2.05) is 18.2 Å². The molecular formula is C20H19ClN2O4. The molecule has 140 valence electrons. The van der Waals surface area contributed by atoms with E-state index in [9.17, 15) is 14.9 Å². The number of fused-ring (bicyclic) bond motifs is 1. The van der Waals surface area contributed by atoms with Crippen molar-refractivity contribution in [3.05, 3.63) is 63.2 Å². The Kier molecular flexibility index (Phi) is 5.76. The number of aromatic nitrogens is 1. The molecule has 0 radical (unpaired) electrons. The largest absolute Gasteiger partial charge is 0.466 e. The zero-order chi connectivity index (χ0) is 19.4. The number of H-pyrrole nitrogens is 1. The van der Waals surface area contributed by atoms with Gasteiger partial charge in [0.2, 0.25) is 0 Å². The second kappa shape index (κ2) is 8.22. The summed E-state index contributed by atoms with van der Waals surface area (Å²) in [7, 11) is 0. The number of aryl methyl sites for hydroxylation is 1. The zero-order valence-corrected chi connectivity index (χ0v) is 15.6. The zero-order valence-electron chi connectivity index (χ0n) is 14.8. The van der Waals surface area contributed by atoms with Gasteiger partial charge in [-0.1, -0.05) is 11.6 Å². The maximum atomic E-state index is 11.6. The van der Waals surface area contributed by atoms with Crippen LogP contribution in [-0.2, 0) is 16.0 Å². The van der Waals surface area contributed by atoms with Gasteiger partial charge in [-0.2, -0.15) is 0 Å². The van der Waals surface area contributed by atoms with Crippen LogP contribution in [0.4, 0.5) is 5.69 Å². The van der Waals surface area contributed by atoms with Gasteiger partial charge in [0.25, 0.3) is 5.69 Å². The molecule has 0 bridgehead atoms. The van der Waals surface area contributed by atoms with Crippen LogP contribution in [0.25, 0.3) is 22.2 Å². The third kappa shape index (κ3) is 4.28. The topological polar surface area (TPSA) is 85.2 Å². The van der Waals surface area contributed by atoms with Gasteiger partial charge >= 0.3 is 5.97 Å². The summed E-state index contributed by atoms with van der Waals surface area (Å²) in [5.41, 5.74) is 3.73. The first-order valence-electron chi connectivity index (χ1n) is 8.70. The summed E-state index contributed by atoms with van der Waals surface area (Å²) >= 11 is 6.16. The first-order chi connectivity index (χ1) is 13.0. The van der Waals surface area contributed by atoms with Crippen molar-refractivity contribution < 1.29 is 14.5 Å². The quantitative estimate of drug-likeness (QED) is 0.340. The van der Waals surface area contributed by atoms with Crippen molar-refractivity contribution in [3.8, 4) is 11.3 Å². The molecule has 3 aromatic rings. The van der Waals surface area contributed by atoms with Crippen molar-refractivity contribution in [1.29, 1.82) is 0 Å². The van der Waals surface area contributed by atoms with Gasteiger partial charge in [0.15, 0.2) is 0 Å². The summed E-state index contributed by atoms with van der Waals surface area (Å²) in [5, 5.41) is 12.5. The number of non-ortho nitro benzene ring substituents is 1. The molecule has 27 heavy (non-hydrogen) atoms. The van der Waals surface area contributed by atoms with Crippen LogP contribution < -0.4 is 0 Å². The van der Waals surface area contributed by atoms with Gasteiger partial charge in [-0.3, -0.25) is 14.9 Å². The van der Waals surface area contributed by atoms with Crippen LogP contribution in [0.5, 0.6) is 0 Å². The lowest BCUT2D eigenvalue weighted by Gasteiger charge is -2.06. The van der Waals surface area contributed by atoms with Crippen molar-refractivity contribution in [2.45, 2.75) is 26.2 Å². The Labute approximate surface area is 161 Å². The molecular weight excluding hydrogens is 368 g/mol. The van der Waals surface area contributed by atoms with Crippen molar-refractivity contribution in [2.75, 3.05) is 6.61 Å². The standard InChI is InChI=1S/C20H19ClN2O4/c1-2-27-19(24)5-3-4-16-17-12-14(21)8-11-18(17)22-20(16)13-6-9-15(10-7-13)23(25)26/h6-12,22H,2-5H2,1H3. The average molecular weight is 387 g/mol. The van der Waals surface area contributed by atoms with Gasteiger partial charge in [0.1, 0.15) is 0 Å². The number of hydrogen-bond donors (Lipinski definition) is 1. The summed E-state index contributed by atoms with van der Waals surface area (Å²) in [6.45, 7) is 2.15. The Bertz CT molecular complexity index is 980. The van der Waals surface area contributed by atoms with E-state index in [-0.39, 0.29) is 11.7 Å². The molecule has 0 aliphatic rings. The maximum absolute atomic E-state index is 11.6. The molecule has 7 heteroatoms. The summed E-state index contributed by atoms with van der Waals surface area (Å²) in [4.78, 5) is 25.5. The van der Waals surface area contributed by atoms with E-state index in [2.05, 4.69) is 4.98 Å². The van der Waals surface area contributed by atoms with Crippen molar-refractivity contribution in [2.24, 2.45) is 0 Å². The average Bonchev–Trinajstić information content (AvgIpc) is 3.00. The predicted molar refractivity (Wildman–Crippen MR) is 105 cm³/mol. The molecule has 0 fully saturated rings. The van der Waals surface area contributed by atoms with Gasteiger partial charge < -0.3 is 9.72 Å². The van der Waals surface area contributed by atoms with Crippen LogP contribution in [0.15, 0.2) is 42.5 Å². The summed E-state index contributed by atoms with van der Waals surface area (Å²) in [6, 6.07) is 12.0. The lowest BCUT2D eigenvalue weighted by Crippen LogP contribution is -2.04. The third-order valence-corrected chi connectivity index (χ3v) is 4.58. The van der Waals surface area contributed by atoms with Gasteiger partial charge in [-0.15, -0.1) is 0 Å². The van der Waals surface area contributed by atoms with Crippen LogP contribution in [0, 0.1) is 10.1 Å². The molecule has 0 unspecified atom stereocenters. The van der Waals surface area contributed by atoms with Crippen LogP contribution >= 0.6 is 11.6 Å². The van der Waals surface area contributed by atoms with E-state index in [0.717, 1.165) is 27.7 Å². The third-order valence-electron chi connectivity index (χ3n) is 4.35. The number of nitrogens with zero attached hydrogens (tertiary/aromatic N) is 1. The number of rotatable bonds is 7. The number of nitro benzene ring substituents is 1. The number of nitro groups is 1. The number of ether oxygens (including phenoxy) is 1. The van der Waals surface area contributed by atoms with Crippen LogP contribution in [0.2, 0.25) is 5.02 Å². The molecule has 0 aliphatic carbocycles. The highest BCUT2D eigenvalue weighted by molar-refractivity contribution is 6.31. The Morgan fingerprint density at radius 2 is 1.96 bits per heavy atom. The monoisotopic (exact) mass is 386 g/mol. The molecule has 0 spiro atoms. The van der Waals surface area contributed by atoms with Gasteiger partial charge in [-0.05, 0) is 61.2 Å². The number of nitrogens with one attached hydrogen (secondary N) is 1. The highest BCUT2D eigenvalue weighted by atomic mass is 35.5. The molecule has 0 atom stereocenters.